The van der Waals surface area contributed by atoms with Gasteiger partial charge in [0.1, 0.15) is 4.90 Å². The molecule has 0 aliphatic carbocycles. The monoisotopic (exact) mass is 334 g/mol. The highest BCUT2D eigenvalue weighted by Crippen LogP contribution is 2.26. The van der Waals surface area contributed by atoms with Gasteiger partial charge in [0.15, 0.2) is 0 Å². The average molecular weight is 335 g/mol. The molecule has 20 heavy (non-hydrogen) atoms. The molecule has 0 radical (unpaired) electrons. The van der Waals surface area contributed by atoms with Crippen LogP contribution in [0, 0.1) is 6.92 Å². The van der Waals surface area contributed by atoms with E-state index in [1.807, 2.05) is 6.07 Å². The van der Waals surface area contributed by atoms with Crippen molar-refractivity contribution in [1.82, 2.24) is 14.5 Å². The summed E-state index contributed by atoms with van der Waals surface area (Å²) < 4.78 is 27.1. The highest BCUT2D eigenvalue weighted by Gasteiger charge is 2.28. The molecule has 2 rings (SSSR count). The van der Waals surface area contributed by atoms with Crippen molar-refractivity contribution < 1.29 is 8.42 Å². The summed E-state index contributed by atoms with van der Waals surface area (Å²) in [5.41, 5.74) is 6.37. The Morgan fingerprint density at radius 3 is 2.75 bits per heavy atom. The third kappa shape index (κ3) is 2.89. The first-order valence-corrected chi connectivity index (χ1v) is 8.44. The van der Waals surface area contributed by atoms with Crippen LogP contribution in [0.15, 0.2) is 17.0 Å². The number of hydrogen-bond acceptors (Lipinski definition) is 5. The first-order chi connectivity index (χ1) is 9.36. The topological polar surface area (TPSA) is 92.1 Å². The lowest BCUT2D eigenvalue weighted by atomic mass is 10.4. The van der Waals surface area contributed by atoms with Crippen LogP contribution in [0.2, 0.25) is 4.34 Å². The first kappa shape index (κ1) is 15.5. The van der Waals surface area contributed by atoms with Crippen LogP contribution in [0.1, 0.15) is 16.3 Å². The molecule has 0 atom stereocenters. The van der Waals surface area contributed by atoms with Crippen LogP contribution < -0.4 is 5.73 Å². The molecule has 0 amide bonds. The number of aromatic nitrogens is 2. The van der Waals surface area contributed by atoms with Crippen molar-refractivity contribution in [2.24, 2.45) is 5.73 Å². The van der Waals surface area contributed by atoms with E-state index >= 15 is 0 Å². The molecule has 0 saturated carbocycles. The van der Waals surface area contributed by atoms with Crippen molar-refractivity contribution in [2.45, 2.75) is 24.9 Å². The fourth-order valence-electron chi connectivity index (χ4n) is 1.85. The largest absolute Gasteiger partial charge is 0.325 e. The number of thiophene rings is 1. The lowest BCUT2D eigenvalue weighted by Crippen LogP contribution is -2.27. The molecule has 0 spiro atoms. The minimum absolute atomic E-state index is 0.0670. The Labute approximate surface area is 126 Å². The van der Waals surface area contributed by atoms with Crippen molar-refractivity contribution >= 4 is 33.0 Å². The van der Waals surface area contributed by atoms with Crippen LogP contribution >= 0.6 is 22.9 Å². The average Bonchev–Trinajstić information content (AvgIpc) is 2.95. The minimum atomic E-state index is -3.63. The molecule has 110 valence electrons. The van der Waals surface area contributed by atoms with Crippen molar-refractivity contribution in [2.75, 3.05) is 7.05 Å². The fourth-order valence-corrected chi connectivity index (χ4v) is 4.55. The molecule has 0 aliphatic heterocycles. The van der Waals surface area contributed by atoms with E-state index in [0.717, 1.165) is 4.88 Å². The van der Waals surface area contributed by atoms with Gasteiger partial charge in [-0.25, -0.2) is 8.42 Å². The molecule has 9 heteroatoms. The number of nitrogens with zero attached hydrogens (tertiary/aromatic N) is 2. The molecule has 0 bridgehead atoms. The van der Waals surface area contributed by atoms with E-state index in [1.54, 1.807) is 13.0 Å². The van der Waals surface area contributed by atoms with Crippen LogP contribution in [-0.2, 0) is 23.1 Å². The number of sulfonamides is 1. The van der Waals surface area contributed by atoms with Gasteiger partial charge in [-0.05, 0) is 19.1 Å². The van der Waals surface area contributed by atoms with Gasteiger partial charge >= 0.3 is 0 Å². The molecular formula is C11H15ClN4O2S2. The molecule has 2 heterocycles. The Balaban J connectivity index is 2.32. The van der Waals surface area contributed by atoms with Gasteiger partial charge in [0.25, 0.3) is 0 Å². The van der Waals surface area contributed by atoms with E-state index in [1.165, 1.54) is 22.7 Å². The van der Waals surface area contributed by atoms with Crippen LogP contribution in [0.3, 0.4) is 0 Å². The molecule has 6 nitrogen and oxygen atoms in total. The summed E-state index contributed by atoms with van der Waals surface area (Å²) in [6.45, 7) is 1.99. The quantitative estimate of drug-likeness (QED) is 0.870. The fraction of sp³-hybridized carbons (Fsp3) is 0.364. The number of nitrogens with one attached hydrogen (secondary N) is 1. The predicted molar refractivity (Wildman–Crippen MR) is 79.2 cm³/mol. The maximum atomic E-state index is 12.6. The van der Waals surface area contributed by atoms with Crippen LogP contribution in [0.5, 0.6) is 0 Å². The lowest BCUT2D eigenvalue weighted by Gasteiger charge is -2.16. The number of aryl methyl sites for hydroxylation is 1. The molecule has 0 aliphatic rings. The van der Waals surface area contributed by atoms with Crippen LogP contribution in [-0.4, -0.2) is 30.0 Å². The SMILES string of the molecule is Cc1[nH]nc(CN)c1S(=O)(=O)N(C)Cc1ccc(Cl)s1. The molecule has 0 aromatic carbocycles. The second-order valence-electron chi connectivity index (χ2n) is 4.30. The van der Waals surface area contributed by atoms with Gasteiger partial charge in [-0.15, -0.1) is 11.3 Å². The number of aromatic amines is 1. The highest BCUT2D eigenvalue weighted by atomic mass is 35.5. The summed E-state index contributed by atoms with van der Waals surface area (Å²) in [6.07, 6.45) is 0. The summed E-state index contributed by atoms with van der Waals surface area (Å²) in [5.74, 6) is 0. The van der Waals surface area contributed by atoms with Gasteiger partial charge in [-0.1, -0.05) is 11.6 Å². The van der Waals surface area contributed by atoms with Crippen molar-refractivity contribution in [1.29, 1.82) is 0 Å². The third-order valence-corrected chi connectivity index (χ3v) is 6.05. The Hall–Kier alpha value is -0.930. The number of hydrogen-bond donors (Lipinski definition) is 2. The number of rotatable bonds is 5. The summed E-state index contributed by atoms with van der Waals surface area (Å²) in [4.78, 5) is 1.03. The standard InChI is InChI=1S/C11H15ClN4O2S2/c1-7-11(9(5-13)15-14-7)20(17,18)16(2)6-8-3-4-10(12)19-8/h3-4H,5-6,13H2,1-2H3,(H,14,15). The zero-order chi connectivity index (χ0) is 14.9. The first-order valence-electron chi connectivity index (χ1n) is 5.80. The van der Waals surface area contributed by atoms with Gasteiger partial charge in [0.2, 0.25) is 10.0 Å². The van der Waals surface area contributed by atoms with Gasteiger partial charge in [0.05, 0.1) is 15.7 Å². The van der Waals surface area contributed by atoms with E-state index in [4.69, 9.17) is 17.3 Å². The van der Waals surface area contributed by atoms with Gasteiger partial charge in [-0.2, -0.15) is 9.40 Å². The maximum absolute atomic E-state index is 12.6. The highest BCUT2D eigenvalue weighted by molar-refractivity contribution is 7.89. The van der Waals surface area contributed by atoms with Gasteiger partial charge < -0.3 is 5.73 Å². The molecule has 2 aromatic rings. The van der Waals surface area contributed by atoms with Crippen molar-refractivity contribution in [3.05, 3.63) is 32.7 Å². The molecule has 0 unspecified atom stereocenters. The normalized spacial score (nSPS) is 12.2. The van der Waals surface area contributed by atoms with Gasteiger partial charge in [-0.3, -0.25) is 5.10 Å². The Bertz CT molecular complexity index is 708. The predicted octanol–water partition coefficient (Wildman–Crippen LogP) is 1.71. The summed E-state index contributed by atoms with van der Waals surface area (Å²) in [6, 6.07) is 3.56. The Kier molecular flexibility index (Phi) is 4.50. The molecule has 2 aromatic heterocycles. The van der Waals surface area contributed by atoms with E-state index in [9.17, 15) is 8.42 Å². The van der Waals surface area contributed by atoms with Crippen molar-refractivity contribution in [3.63, 3.8) is 0 Å². The zero-order valence-electron chi connectivity index (χ0n) is 11.1. The van der Waals surface area contributed by atoms with Crippen LogP contribution in [0.4, 0.5) is 0 Å². The Morgan fingerprint density at radius 1 is 1.50 bits per heavy atom. The molecular weight excluding hydrogens is 320 g/mol. The summed E-state index contributed by atoms with van der Waals surface area (Å²) in [5, 5.41) is 6.58. The number of H-pyrrole nitrogens is 1. The van der Waals surface area contributed by atoms with Gasteiger partial charge in [0, 0.05) is 25.0 Å². The Morgan fingerprint density at radius 2 is 2.20 bits per heavy atom. The zero-order valence-corrected chi connectivity index (χ0v) is 13.4. The molecule has 3 N–H and O–H groups in total. The molecule has 0 saturated heterocycles. The second-order valence-corrected chi connectivity index (χ2v) is 8.08. The molecule has 0 fully saturated rings. The van der Waals surface area contributed by atoms with Crippen molar-refractivity contribution in [3.8, 4) is 0 Å². The maximum Gasteiger partial charge on any atom is 0.246 e. The van der Waals surface area contributed by atoms with E-state index in [0.29, 0.717) is 15.7 Å². The van der Waals surface area contributed by atoms with E-state index in [2.05, 4.69) is 10.2 Å². The smallest absolute Gasteiger partial charge is 0.246 e. The van der Waals surface area contributed by atoms with E-state index < -0.39 is 10.0 Å². The van der Waals surface area contributed by atoms with E-state index in [-0.39, 0.29) is 18.0 Å². The second kappa shape index (κ2) is 5.82. The summed E-state index contributed by atoms with van der Waals surface area (Å²) in [7, 11) is -2.11. The minimum Gasteiger partial charge on any atom is -0.325 e. The summed E-state index contributed by atoms with van der Waals surface area (Å²) >= 11 is 7.20. The lowest BCUT2D eigenvalue weighted by molar-refractivity contribution is 0.468. The number of halogens is 1. The third-order valence-electron chi connectivity index (χ3n) is 2.83. The van der Waals surface area contributed by atoms with Crippen LogP contribution in [0.25, 0.3) is 0 Å². The number of nitrogens with two attached hydrogens (primary N) is 1.